The highest BCUT2D eigenvalue weighted by Gasteiger charge is 2.38. The van der Waals surface area contributed by atoms with Crippen molar-refractivity contribution in [3.05, 3.63) is 36.5 Å². The van der Waals surface area contributed by atoms with Gasteiger partial charge in [0.1, 0.15) is 17.5 Å². The summed E-state index contributed by atoms with van der Waals surface area (Å²) in [7, 11) is 0. The summed E-state index contributed by atoms with van der Waals surface area (Å²) in [5.74, 6) is -0.0493. The first-order chi connectivity index (χ1) is 15.6. The molecule has 9 nitrogen and oxygen atoms in total. The van der Waals surface area contributed by atoms with E-state index in [2.05, 4.69) is 15.6 Å². The van der Waals surface area contributed by atoms with Gasteiger partial charge in [-0.15, -0.1) is 0 Å². The van der Waals surface area contributed by atoms with Crippen LogP contribution in [-0.2, 0) is 9.53 Å². The molecule has 1 aromatic carbocycles. The Kier molecular flexibility index (Phi) is 7.40. The van der Waals surface area contributed by atoms with Crippen molar-refractivity contribution in [2.24, 2.45) is 5.92 Å². The normalized spacial score (nSPS) is 15.8. The minimum atomic E-state index is -0.811. The lowest BCUT2D eigenvalue weighted by atomic mass is 9.98. The predicted octanol–water partition coefficient (Wildman–Crippen LogP) is 4.16. The maximum Gasteiger partial charge on any atom is 0.408 e. The first-order valence-electron chi connectivity index (χ1n) is 11.3. The fraction of sp³-hybridized carbons (Fsp3) is 0.500. The van der Waals surface area contributed by atoms with Crippen LogP contribution in [0.3, 0.4) is 0 Å². The molecule has 1 aliphatic heterocycles. The van der Waals surface area contributed by atoms with Gasteiger partial charge in [0.2, 0.25) is 0 Å². The second-order valence-corrected chi connectivity index (χ2v) is 9.26. The zero-order chi connectivity index (χ0) is 24.2. The van der Waals surface area contributed by atoms with E-state index < -0.39 is 23.8 Å². The van der Waals surface area contributed by atoms with Crippen LogP contribution in [0, 0.1) is 5.92 Å². The number of rotatable bonds is 5. The Labute approximate surface area is 194 Å². The molecule has 1 fully saturated rings. The molecule has 1 aliphatic rings. The van der Waals surface area contributed by atoms with Crippen molar-refractivity contribution >= 4 is 34.6 Å². The van der Waals surface area contributed by atoms with Gasteiger partial charge >= 0.3 is 12.1 Å². The number of ether oxygens (including phenoxy) is 1. The monoisotopic (exact) mass is 455 g/mol. The molecule has 2 aromatic rings. The van der Waals surface area contributed by atoms with Crippen LogP contribution < -0.4 is 10.6 Å². The standard InChI is InChI=1S/C24H33N5O4/c1-6-16(2)19(26-23(32)33-24(3,4)5)21(30)28-14-9-15-29(28)22(31)27-20-18-11-8-7-10-17(18)12-13-25-20/h7-8,10-13,16,19H,6,9,14-15H2,1-5H3,(H,26,32)(H,25,27,31)/t16-,19-/m0/s1. The Morgan fingerprint density at radius 3 is 2.52 bits per heavy atom. The van der Waals surface area contributed by atoms with Crippen LogP contribution in [0.1, 0.15) is 47.5 Å². The number of fused-ring (bicyclic) bond motifs is 1. The Morgan fingerprint density at radius 1 is 1.12 bits per heavy atom. The molecule has 178 valence electrons. The molecule has 0 aliphatic carbocycles. The molecule has 0 radical (unpaired) electrons. The highest BCUT2D eigenvalue weighted by molar-refractivity contribution is 6.00. The van der Waals surface area contributed by atoms with Crippen LogP contribution in [0.5, 0.6) is 0 Å². The first kappa shape index (κ1) is 24.3. The fourth-order valence-electron chi connectivity index (χ4n) is 3.72. The number of carbonyl (C=O) groups excluding carboxylic acids is 3. The summed E-state index contributed by atoms with van der Waals surface area (Å²) in [4.78, 5) is 43.2. The van der Waals surface area contributed by atoms with Gasteiger partial charge in [-0.3, -0.25) is 10.1 Å². The van der Waals surface area contributed by atoms with E-state index in [4.69, 9.17) is 4.74 Å². The fourth-order valence-corrected chi connectivity index (χ4v) is 3.72. The smallest absolute Gasteiger partial charge is 0.408 e. The van der Waals surface area contributed by atoms with E-state index >= 15 is 0 Å². The molecular weight excluding hydrogens is 422 g/mol. The Bertz CT molecular complexity index is 1010. The van der Waals surface area contributed by atoms with E-state index in [0.29, 0.717) is 31.7 Å². The lowest BCUT2D eigenvalue weighted by Gasteiger charge is -2.33. The highest BCUT2D eigenvalue weighted by atomic mass is 16.6. The molecule has 0 spiro atoms. The van der Waals surface area contributed by atoms with Crippen LogP contribution in [0.25, 0.3) is 10.8 Å². The van der Waals surface area contributed by atoms with Gasteiger partial charge in [0, 0.05) is 24.7 Å². The first-order valence-corrected chi connectivity index (χ1v) is 11.3. The number of aromatic nitrogens is 1. The summed E-state index contributed by atoms with van der Waals surface area (Å²) in [6.45, 7) is 9.91. The molecule has 0 saturated carbocycles. The lowest BCUT2D eigenvalue weighted by Crippen LogP contribution is -2.56. The maximum absolute atomic E-state index is 13.4. The molecule has 3 rings (SSSR count). The topological polar surface area (TPSA) is 104 Å². The average Bonchev–Trinajstić information content (AvgIpc) is 3.26. The largest absolute Gasteiger partial charge is 0.444 e. The molecule has 2 heterocycles. The summed E-state index contributed by atoms with van der Waals surface area (Å²) in [6.07, 6.45) is 2.29. The number of nitrogens with one attached hydrogen (secondary N) is 2. The summed E-state index contributed by atoms with van der Waals surface area (Å²) < 4.78 is 5.35. The number of hydrogen-bond donors (Lipinski definition) is 2. The summed E-state index contributed by atoms with van der Waals surface area (Å²) in [5.41, 5.74) is -0.682. The van der Waals surface area contributed by atoms with Gasteiger partial charge in [0.15, 0.2) is 0 Å². The second kappa shape index (κ2) is 10.1. The number of carbonyl (C=O) groups is 3. The van der Waals surface area contributed by atoms with E-state index in [9.17, 15) is 14.4 Å². The third kappa shape index (κ3) is 5.91. The maximum atomic E-state index is 13.4. The van der Waals surface area contributed by atoms with Crippen LogP contribution >= 0.6 is 0 Å². The minimum Gasteiger partial charge on any atom is -0.444 e. The molecule has 0 bridgehead atoms. The van der Waals surface area contributed by atoms with Gasteiger partial charge in [-0.25, -0.2) is 24.6 Å². The number of anilines is 1. The quantitative estimate of drug-likeness (QED) is 0.705. The molecular formula is C24H33N5O4. The van der Waals surface area contributed by atoms with Crippen molar-refractivity contribution < 1.29 is 19.1 Å². The number of alkyl carbamates (subject to hydrolysis) is 1. The molecule has 2 N–H and O–H groups in total. The molecule has 2 atom stereocenters. The van der Waals surface area contributed by atoms with E-state index in [1.165, 1.54) is 10.0 Å². The Balaban J connectivity index is 1.76. The molecule has 0 unspecified atom stereocenters. The van der Waals surface area contributed by atoms with Gasteiger partial charge in [0.25, 0.3) is 5.91 Å². The number of urea groups is 1. The zero-order valence-electron chi connectivity index (χ0n) is 19.9. The van der Waals surface area contributed by atoms with Gasteiger partial charge < -0.3 is 10.1 Å². The van der Waals surface area contributed by atoms with Gasteiger partial charge in [0.05, 0.1) is 0 Å². The van der Waals surface area contributed by atoms with Crippen molar-refractivity contribution in [2.45, 2.75) is 59.1 Å². The summed E-state index contributed by atoms with van der Waals surface area (Å²) in [5, 5.41) is 10.1. The van der Waals surface area contributed by atoms with Crippen molar-refractivity contribution in [2.75, 3.05) is 18.4 Å². The number of amides is 4. The third-order valence-corrected chi connectivity index (χ3v) is 5.57. The second-order valence-electron chi connectivity index (χ2n) is 9.26. The van der Waals surface area contributed by atoms with Crippen molar-refractivity contribution in [3.63, 3.8) is 0 Å². The van der Waals surface area contributed by atoms with Crippen LogP contribution in [0.15, 0.2) is 36.5 Å². The van der Waals surface area contributed by atoms with Crippen molar-refractivity contribution in [1.82, 2.24) is 20.3 Å². The Morgan fingerprint density at radius 2 is 1.82 bits per heavy atom. The summed E-state index contributed by atoms with van der Waals surface area (Å²) >= 11 is 0. The minimum absolute atomic E-state index is 0.143. The number of hydrazine groups is 1. The van der Waals surface area contributed by atoms with Crippen LogP contribution in [0.2, 0.25) is 0 Å². The molecule has 33 heavy (non-hydrogen) atoms. The van der Waals surface area contributed by atoms with E-state index in [-0.39, 0.29) is 11.8 Å². The number of benzene rings is 1. The number of pyridine rings is 1. The van der Waals surface area contributed by atoms with Crippen molar-refractivity contribution in [1.29, 1.82) is 0 Å². The highest BCUT2D eigenvalue weighted by Crippen LogP contribution is 2.23. The zero-order valence-corrected chi connectivity index (χ0v) is 19.9. The Hall–Kier alpha value is -3.36. The third-order valence-electron chi connectivity index (χ3n) is 5.57. The number of hydrogen-bond acceptors (Lipinski definition) is 5. The van der Waals surface area contributed by atoms with Crippen molar-refractivity contribution in [3.8, 4) is 0 Å². The molecule has 1 aromatic heterocycles. The van der Waals surface area contributed by atoms with Crippen LogP contribution in [-0.4, -0.2) is 57.8 Å². The van der Waals surface area contributed by atoms with Gasteiger partial charge in [-0.2, -0.15) is 0 Å². The van der Waals surface area contributed by atoms with E-state index in [1.54, 1.807) is 27.0 Å². The van der Waals surface area contributed by atoms with E-state index in [0.717, 1.165) is 10.8 Å². The SMILES string of the molecule is CC[C@H](C)[C@H](NC(=O)OC(C)(C)C)C(=O)N1CCCN1C(=O)Nc1nccc2ccccc12. The average molecular weight is 456 g/mol. The van der Waals surface area contributed by atoms with Crippen LogP contribution in [0.4, 0.5) is 15.4 Å². The number of nitrogens with zero attached hydrogens (tertiary/aromatic N) is 3. The van der Waals surface area contributed by atoms with Gasteiger partial charge in [-0.1, -0.05) is 44.5 Å². The van der Waals surface area contributed by atoms with E-state index in [1.807, 2.05) is 44.2 Å². The predicted molar refractivity (Wildman–Crippen MR) is 126 cm³/mol. The molecule has 9 heteroatoms. The summed E-state index contributed by atoms with van der Waals surface area (Å²) in [6, 6.07) is 8.24. The molecule has 4 amide bonds. The lowest BCUT2D eigenvalue weighted by molar-refractivity contribution is -0.143. The molecule has 1 saturated heterocycles. The van der Waals surface area contributed by atoms with Gasteiger partial charge in [-0.05, 0) is 44.6 Å².